The van der Waals surface area contributed by atoms with E-state index in [1.807, 2.05) is 35.0 Å². The fourth-order valence-corrected chi connectivity index (χ4v) is 2.85. The van der Waals surface area contributed by atoms with Crippen molar-refractivity contribution in [1.29, 1.82) is 0 Å². The van der Waals surface area contributed by atoms with Crippen LogP contribution in [0.3, 0.4) is 0 Å². The molecule has 0 aliphatic rings. The summed E-state index contributed by atoms with van der Waals surface area (Å²) in [6.45, 7) is 0.497. The van der Waals surface area contributed by atoms with Crippen LogP contribution in [0.2, 0.25) is 0 Å². The minimum Gasteiger partial charge on any atom is -0.326 e. The summed E-state index contributed by atoms with van der Waals surface area (Å²) in [4.78, 5) is 12.1. The Kier molecular flexibility index (Phi) is 3.53. The van der Waals surface area contributed by atoms with E-state index in [2.05, 4.69) is 15.9 Å². The van der Waals surface area contributed by atoms with Crippen molar-refractivity contribution in [2.24, 2.45) is 5.73 Å². The molecule has 1 aromatic heterocycles. The number of carbonyl (C=O) groups is 1. The Morgan fingerprint density at radius 2 is 1.94 bits per heavy atom. The number of carbonyl (C=O) groups excluding carboxylic acids is 1. The summed E-state index contributed by atoms with van der Waals surface area (Å²) >= 11 is 4.87. The molecule has 1 aromatic carbocycles. The highest BCUT2D eigenvalue weighted by Gasteiger charge is 2.12. The van der Waals surface area contributed by atoms with Gasteiger partial charge in [0.15, 0.2) is 5.78 Å². The summed E-state index contributed by atoms with van der Waals surface area (Å²) in [6.07, 6.45) is 0. The average Bonchev–Trinajstić information content (AvgIpc) is 2.75. The lowest BCUT2D eigenvalue weighted by molar-refractivity contribution is 0.103. The molecule has 2 nitrogen and oxygen atoms in total. The van der Waals surface area contributed by atoms with Gasteiger partial charge in [0.1, 0.15) is 0 Å². The monoisotopic (exact) mass is 295 g/mol. The predicted molar refractivity (Wildman–Crippen MR) is 69.8 cm³/mol. The fraction of sp³-hybridized carbons (Fsp3) is 0.0833. The molecule has 16 heavy (non-hydrogen) atoms. The minimum absolute atomic E-state index is 0.0386. The first kappa shape index (κ1) is 11.5. The van der Waals surface area contributed by atoms with Crippen LogP contribution in [0, 0.1) is 0 Å². The normalized spacial score (nSPS) is 10.4. The van der Waals surface area contributed by atoms with Gasteiger partial charge in [-0.3, -0.25) is 4.79 Å². The zero-order valence-corrected chi connectivity index (χ0v) is 10.8. The van der Waals surface area contributed by atoms with Gasteiger partial charge in [-0.05, 0) is 21.5 Å². The highest BCUT2D eigenvalue weighted by atomic mass is 79.9. The highest BCUT2D eigenvalue weighted by molar-refractivity contribution is 9.10. The molecular weight excluding hydrogens is 286 g/mol. The average molecular weight is 296 g/mol. The van der Waals surface area contributed by atoms with Gasteiger partial charge in [0.05, 0.1) is 0 Å². The fourth-order valence-electron chi connectivity index (χ4n) is 1.39. The van der Waals surface area contributed by atoms with E-state index < -0.39 is 0 Å². The van der Waals surface area contributed by atoms with Crippen LogP contribution in [0.15, 0.2) is 39.5 Å². The van der Waals surface area contributed by atoms with Crippen LogP contribution < -0.4 is 5.73 Å². The Bertz CT molecular complexity index is 504. The van der Waals surface area contributed by atoms with Crippen LogP contribution >= 0.6 is 27.3 Å². The van der Waals surface area contributed by atoms with Crippen molar-refractivity contribution in [3.05, 3.63) is 56.2 Å². The molecule has 0 saturated carbocycles. The van der Waals surface area contributed by atoms with E-state index in [-0.39, 0.29) is 5.78 Å². The molecule has 82 valence electrons. The number of hydrogen-bond donors (Lipinski definition) is 1. The lowest BCUT2D eigenvalue weighted by Crippen LogP contribution is -2.02. The summed E-state index contributed by atoms with van der Waals surface area (Å²) in [5.41, 5.74) is 7.94. The van der Waals surface area contributed by atoms with Gasteiger partial charge in [-0.15, -0.1) is 0 Å². The van der Waals surface area contributed by atoms with Crippen molar-refractivity contribution in [1.82, 2.24) is 0 Å². The number of halogens is 1. The molecule has 0 saturated heterocycles. The second-order valence-electron chi connectivity index (χ2n) is 3.36. The Balaban J connectivity index is 2.31. The van der Waals surface area contributed by atoms with Crippen molar-refractivity contribution in [3.8, 4) is 0 Å². The first-order valence-corrected chi connectivity index (χ1v) is 6.51. The molecule has 2 aromatic rings. The van der Waals surface area contributed by atoms with E-state index >= 15 is 0 Å². The molecule has 0 aliphatic heterocycles. The van der Waals surface area contributed by atoms with Crippen LogP contribution in [-0.2, 0) is 6.54 Å². The van der Waals surface area contributed by atoms with E-state index in [4.69, 9.17) is 5.73 Å². The molecule has 2 N–H and O–H groups in total. The van der Waals surface area contributed by atoms with Crippen LogP contribution in [0.25, 0.3) is 0 Å². The summed E-state index contributed by atoms with van der Waals surface area (Å²) in [5, 5.41) is 3.75. The number of hydrogen-bond acceptors (Lipinski definition) is 3. The first-order valence-electron chi connectivity index (χ1n) is 4.78. The van der Waals surface area contributed by atoms with Gasteiger partial charge in [-0.25, -0.2) is 0 Å². The molecule has 0 bridgehead atoms. The number of ketones is 1. The number of thiophene rings is 1. The van der Waals surface area contributed by atoms with E-state index in [1.54, 1.807) is 0 Å². The van der Waals surface area contributed by atoms with E-state index in [0.717, 1.165) is 10.0 Å². The van der Waals surface area contributed by atoms with Crippen LogP contribution in [-0.4, -0.2) is 5.78 Å². The lowest BCUT2D eigenvalue weighted by atomic mass is 10.0. The summed E-state index contributed by atoms with van der Waals surface area (Å²) in [6, 6.07) is 7.39. The van der Waals surface area contributed by atoms with Crippen molar-refractivity contribution in [2.75, 3.05) is 0 Å². The third-order valence-electron chi connectivity index (χ3n) is 2.31. The second kappa shape index (κ2) is 4.91. The van der Waals surface area contributed by atoms with Gasteiger partial charge in [-0.1, -0.05) is 24.3 Å². The zero-order chi connectivity index (χ0) is 11.5. The SMILES string of the molecule is NCc1ccc(C(=O)c2cscc2Br)cc1. The van der Waals surface area contributed by atoms with Crippen molar-refractivity contribution < 1.29 is 4.79 Å². The predicted octanol–water partition coefficient (Wildman–Crippen LogP) is 3.20. The van der Waals surface area contributed by atoms with Crippen LogP contribution in [0.5, 0.6) is 0 Å². The lowest BCUT2D eigenvalue weighted by Gasteiger charge is -2.01. The first-order chi connectivity index (χ1) is 7.72. The van der Waals surface area contributed by atoms with Crippen LogP contribution in [0.4, 0.5) is 0 Å². The van der Waals surface area contributed by atoms with Gasteiger partial charge in [0.2, 0.25) is 0 Å². The number of rotatable bonds is 3. The van der Waals surface area contributed by atoms with E-state index in [1.165, 1.54) is 11.3 Å². The molecule has 0 spiro atoms. The Morgan fingerprint density at radius 1 is 1.25 bits per heavy atom. The maximum absolute atomic E-state index is 12.1. The molecule has 0 atom stereocenters. The van der Waals surface area contributed by atoms with Gasteiger partial charge in [0.25, 0.3) is 0 Å². The second-order valence-corrected chi connectivity index (χ2v) is 4.96. The summed E-state index contributed by atoms with van der Waals surface area (Å²) < 4.78 is 0.852. The topological polar surface area (TPSA) is 43.1 Å². The molecule has 1 heterocycles. The third-order valence-corrected chi connectivity index (χ3v) is 4.01. The molecule has 2 rings (SSSR count). The van der Waals surface area contributed by atoms with E-state index in [0.29, 0.717) is 17.7 Å². The van der Waals surface area contributed by atoms with E-state index in [9.17, 15) is 4.79 Å². The molecular formula is C12H10BrNOS. The van der Waals surface area contributed by atoms with Gasteiger partial charge >= 0.3 is 0 Å². The highest BCUT2D eigenvalue weighted by Crippen LogP contribution is 2.24. The maximum atomic E-state index is 12.1. The molecule has 4 heteroatoms. The van der Waals surface area contributed by atoms with Crippen LogP contribution in [0.1, 0.15) is 21.5 Å². The third kappa shape index (κ3) is 2.24. The Labute approximate surface area is 106 Å². The van der Waals surface area contributed by atoms with Crippen molar-refractivity contribution in [2.45, 2.75) is 6.54 Å². The maximum Gasteiger partial charge on any atom is 0.194 e. The van der Waals surface area contributed by atoms with Gasteiger partial charge in [0, 0.05) is 32.9 Å². The van der Waals surface area contributed by atoms with Gasteiger partial charge in [-0.2, -0.15) is 11.3 Å². The zero-order valence-electron chi connectivity index (χ0n) is 8.44. The summed E-state index contributed by atoms with van der Waals surface area (Å²) in [7, 11) is 0. The Hall–Kier alpha value is -0.970. The molecule has 0 fully saturated rings. The number of nitrogens with two attached hydrogens (primary N) is 1. The molecule has 0 aliphatic carbocycles. The number of benzene rings is 1. The van der Waals surface area contributed by atoms with Crippen molar-refractivity contribution >= 4 is 33.0 Å². The summed E-state index contributed by atoms with van der Waals surface area (Å²) in [5.74, 6) is 0.0386. The quantitative estimate of drug-likeness (QED) is 0.884. The molecule has 0 unspecified atom stereocenters. The van der Waals surface area contributed by atoms with Crippen molar-refractivity contribution in [3.63, 3.8) is 0 Å². The van der Waals surface area contributed by atoms with Gasteiger partial charge < -0.3 is 5.73 Å². The molecule has 0 amide bonds. The minimum atomic E-state index is 0.0386. The largest absolute Gasteiger partial charge is 0.326 e. The smallest absolute Gasteiger partial charge is 0.194 e. The molecule has 0 radical (unpaired) electrons. The Morgan fingerprint density at radius 3 is 2.44 bits per heavy atom. The standard InChI is InChI=1S/C12H10BrNOS/c13-11-7-16-6-10(11)12(15)9-3-1-8(5-14)2-4-9/h1-4,6-7H,5,14H2.